The largest absolute Gasteiger partial charge is 0.458 e. The third kappa shape index (κ3) is 7.00. The summed E-state index contributed by atoms with van der Waals surface area (Å²) in [6, 6.07) is 0. The molecule has 3 heterocycles. The molecule has 2 saturated heterocycles. The van der Waals surface area contributed by atoms with E-state index in [-0.39, 0.29) is 48.8 Å². The van der Waals surface area contributed by atoms with Crippen LogP contribution in [0.2, 0.25) is 0 Å². The van der Waals surface area contributed by atoms with E-state index < -0.39 is 6.10 Å². The van der Waals surface area contributed by atoms with Crippen LogP contribution in [0.5, 0.6) is 0 Å². The second kappa shape index (κ2) is 10.6. The summed E-state index contributed by atoms with van der Waals surface area (Å²) in [5.41, 5.74) is 1.83. The Bertz CT molecular complexity index is 773. The fourth-order valence-electron chi connectivity index (χ4n) is 3.92. The highest BCUT2D eigenvalue weighted by atomic mass is 32.1. The number of esters is 1. The molecule has 1 aromatic rings. The maximum absolute atomic E-state index is 12.5. The molecule has 2 aliphatic rings. The van der Waals surface area contributed by atoms with Crippen LogP contribution in [0.15, 0.2) is 11.0 Å². The van der Waals surface area contributed by atoms with Gasteiger partial charge in [0, 0.05) is 30.6 Å². The monoisotopic (exact) mass is 435 g/mol. The van der Waals surface area contributed by atoms with Crippen LogP contribution in [0.1, 0.15) is 75.9 Å². The smallest absolute Gasteiger partial charge is 0.306 e. The Morgan fingerprint density at radius 2 is 2.00 bits per heavy atom. The number of aryl methyl sites for hydroxylation is 1. The van der Waals surface area contributed by atoms with Crippen molar-refractivity contribution in [1.82, 2.24) is 4.98 Å². The van der Waals surface area contributed by atoms with E-state index in [1.165, 1.54) is 0 Å². The number of ether oxygens (including phenoxy) is 2. The number of Topliss-reactive ketones (excluding diaryl/α,β-unsaturated/α-hetero) is 1. The number of carbonyl (C=O) groups excluding carboxylic acids is 2. The van der Waals surface area contributed by atoms with E-state index in [0.717, 1.165) is 35.5 Å². The molecule has 5 atom stereocenters. The van der Waals surface area contributed by atoms with Gasteiger partial charge in [-0.25, -0.2) is 4.98 Å². The Morgan fingerprint density at radius 1 is 1.23 bits per heavy atom. The summed E-state index contributed by atoms with van der Waals surface area (Å²) in [4.78, 5) is 29.3. The standard InChI is InChI=1S/C23H33NO5S/c1-14-8-9-23(27)29-21(15(2)10-17-13-30-16(3)24-17)12-22-20(28-22)7-5-4-6-18(25)11-19(14)26/h10,13-14,18,20-22,25H,4-9,11-12H2,1-3H3/b15-10+/t14-,18-,20+,21-,22-/m0/s1. The van der Waals surface area contributed by atoms with Crippen molar-refractivity contribution in [2.75, 3.05) is 0 Å². The molecule has 0 radical (unpaired) electrons. The number of fused-ring (bicyclic) bond motifs is 1. The molecular weight excluding hydrogens is 402 g/mol. The molecule has 3 rings (SSSR count). The SMILES string of the molecule is C/C(=C\c1csc(C)n1)[C@@H]1C[C@@H]2O[C@@H]2CCCC[C@H](O)CC(=O)[C@@H](C)CCC(=O)O1. The summed E-state index contributed by atoms with van der Waals surface area (Å²) < 4.78 is 11.6. The average molecular weight is 436 g/mol. The lowest BCUT2D eigenvalue weighted by molar-refractivity contribution is -0.148. The van der Waals surface area contributed by atoms with E-state index in [2.05, 4.69) is 4.98 Å². The molecule has 2 aliphatic heterocycles. The van der Waals surface area contributed by atoms with E-state index in [4.69, 9.17) is 9.47 Å². The lowest BCUT2D eigenvalue weighted by atomic mass is 9.94. The van der Waals surface area contributed by atoms with Gasteiger partial charge < -0.3 is 14.6 Å². The van der Waals surface area contributed by atoms with Crippen LogP contribution in [0, 0.1) is 12.8 Å². The van der Waals surface area contributed by atoms with Gasteiger partial charge in [0.05, 0.1) is 29.0 Å². The van der Waals surface area contributed by atoms with Gasteiger partial charge in [-0.3, -0.25) is 9.59 Å². The summed E-state index contributed by atoms with van der Waals surface area (Å²) in [5.74, 6) is -0.546. The van der Waals surface area contributed by atoms with Crippen LogP contribution in [0.25, 0.3) is 6.08 Å². The Hall–Kier alpha value is -1.57. The molecule has 0 aromatic carbocycles. The highest BCUT2D eigenvalue weighted by Gasteiger charge is 2.40. The number of epoxide rings is 1. The molecule has 6 nitrogen and oxygen atoms in total. The highest BCUT2D eigenvalue weighted by molar-refractivity contribution is 7.09. The predicted octanol–water partition coefficient (Wildman–Crippen LogP) is 4.23. The molecule has 0 spiro atoms. The molecule has 0 amide bonds. The third-order valence-electron chi connectivity index (χ3n) is 5.97. The lowest BCUT2D eigenvalue weighted by Crippen LogP contribution is -2.24. The van der Waals surface area contributed by atoms with Crippen LogP contribution >= 0.6 is 11.3 Å². The number of aliphatic hydroxyl groups excluding tert-OH is 1. The van der Waals surface area contributed by atoms with Gasteiger partial charge >= 0.3 is 5.97 Å². The minimum atomic E-state index is -0.595. The lowest BCUT2D eigenvalue weighted by Gasteiger charge is -2.19. The van der Waals surface area contributed by atoms with Crippen molar-refractivity contribution in [2.24, 2.45) is 5.92 Å². The number of aromatic nitrogens is 1. The molecule has 1 N–H and O–H groups in total. The van der Waals surface area contributed by atoms with E-state index in [9.17, 15) is 14.7 Å². The fourth-order valence-corrected chi connectivity index (χ4v) is 4.50. The van der Waals surface area contributed by atoms with Crippen LogP contribution in [-0.4, -0.2) is 46.3 Å². The van der Waals surface area contributed by atoms with Gasteiger partial charge in [-0.1, -0.05) is 19.8 Å². The molecular formula is C23H33NO5S. The maximum atomic E-state index is 12.5. The van der Waals surface area contributed by atoms with Gasteiger partial charge in [-0.15, -0.1) is 11.3 Å². The minimum absolute atomic E-state index is 0.0134. The quantitative estimate of drug-likeness (QED) is 0.552. The number of hydrogen-bond donors (Lipinski definition) is 1. The van der Waals surface area contributed by atoms with Crippen LogP contribution in [0.4, 0.5) is 0 Å². The van der Waals surface area contributed by atoms with Gasteiger partial charge in [0.2, 0.25) is 0 Å². The first-order valence-electron chi connectivity index (χ1n) is 11.0. The maximum Gasteiger partial charge on any atom is 0.306 e. The molecule has 166 valence electrons. The second-order valence-corrected chi connectivity index (χ2v) is 9.72. The topological polar surface area (TPSA) is 89.0 Å². The summed E-state index contributed by atoms with van der Waals surface area (Å²) >= 11 is 1.59. The highest BCUT2D eigenvalue weighted by Crippen LogP contribution is 2.34. The Kier molecular flexibility index (Phi) is 8.20. The molecule has 1 aromatic heterocycles. The first-order valence-corrected chi connectivity index (χ1v) is 11.9. The number of thiazole rings is 1. The van der Waals surface area contributed by atoms with Crippen molar-refractivity contribution in [3.8, 4) is 0 Å². The fraction of sp³-hybridized carbons (Fsp3) is 0.696. The zero-order valence-electron chi connectivity index (χ0n) is 18.1. The number of nitrogens with zero attached hydrogens (tertiary/aromatic N) is 1. The first-order chi connectivity index (χ1) is 14.3. The number of ketones is 1. The van der Waals surface area contributed by atoms with Crippen molar-refractivity contribution < 1.29 is 24.2 Å². The van der Waals surface area contributed by atoms with Crippen molar-refractivity contribution in [2.45, 2.75) is 96.6 Å². The second-order valence-electron chi connectivity index (χ2n) is 8.66. The Morgan fingerprint density at radius 3 is 2.73 bits per heavy atom. The molecule has 0 aliphatic carbocycles. The van der Waals surface area contributed by atoms with E-state index in [1.54, 1.807) is 11.3 Å². The van der Waals surface area contributed by atoms with E-state index in [1.807, 2.05) is 32.2 Å². The average Bonchev–Trinajstić information content (AvgIpc) is 3.30. The molecule has 30 heavy (non-hydrogen) atoms. The summed E-state index contributed by atoms with van der Waals surface area (Å²) in [6.07, 6.45) is 6.15. The summed E-state index contributed by atoms with van der Waals surface area (Å²) in [6.45, 7) is 5.75. The number of carbonyl (C=O) groups is 2. The normalized spacial score (nSPS) is 32.4. The first kappa shape index (κ1) is 23.1. The van der Waals surface area contributed by atoms with Gasteiger partial charge in [0.1, 0.15) is 11.9 Å². The van der Waals surface area contributed by atoms with Crippen LogP contribution in [0.3, 0.4) is 0 Å². The molecule has 0 saturated carbocycles. The Balaban J connectivity index is 1.68. The molecule has 0 unspecified atom stereocenters. The zero-order chi connectivity index (χ0) is 21.7. The molecule has 0 bridgehead atoms. The number of aliphatic hydroxyl groups is 1. The van der Waals surface area contributed by atoms with Crippen LogP contribution < -0.4 is 0 Å². The number of rotatable bonds is 2. The summed E-state index contributed by atoms with van der Waals surface area (Å²) in [7, 11) is 0. The predicted molar refractivity (Wildman–Crippen MR) is 116 cm³/mol. The van der Waals surface area contributed by atoms with E-state index in [0.29, 0.717) is 19.3 Å². The van der Waals surface area contributed by atoms with E-state index >= 15 is 0 Å². The van der Waals surface area contributed by atoms with Crippen molar-refractivity contribution in [3.05, 3.63) is 21.7 Å². The van der Waals surface area contributed by atoms with Gasteiger partial charge in [0.25, 0.3) is 0 Å². The van der Waals surface area contributed by atoms with Gasteiger partial charge in [-0.05, 0) is 44.8 Å². The van der Waals surface area contributed by atoms with Crippen molar-refractivity contribution in [3.63, 3.8) is 0 Å². The molecule has 2 fully saturated rings. The minimum Gasteiger partial charge on any atom is -0.458 e. The Labute approximate surface area is 182 Å². The molecule has 7 heteroatoms. The zero-order valence-corrected chi connectivity index (χ0v) is 19.0. The third-order valence-corrected chi connectivity index (χ3v) is 6.76. The summed E-state index contributed by atoms with van der Waals surface area (Å²) in [5, 5.41) is 13.1. The van der Waals surface area contributed by atoms with Crippen molar-refractivity contribution in [1.29, 1.82) is 0 Å². The van der Waals surface area contributed by atoms with Gasteiger partial charge in [-0.2, -0.15) is 0 Å². The number of cyclic esters (lactones) is 1. The van der Waals surface area contributed by atoms with Crippen LogP contribution in [-0.2, 0) is 19.1 Å². The number of hydrogen-bond acceptors (Lipinski definition) is 7. The van der Waals surface area contributed by atoms with Gasteiger partial charge in [0.15, 0.2) is 0 Å². The van der Waals surface area contributed by atoms with Crippen molar-refractivity contribution >= 4 is 29.2 Å².